The number of ether oxygens (including phenoxy) is 6. The van der Waals surface area contributed by atoms with Gasteiger partial charge in [-0.05, 0) is 78.6 Å². The number of aliphatic hydroxyl groups is 1. The molecule has 0 aromatic heterocycles. The number of methoxy groups -OCH3 is 1. The van der Waals surface area contributed by atoms with Crippen LogP contribution in [0.5, 0.6) is 0 Å². The highest BCUT2D eigenvalue weighted by molar-refractivity contribution is 6.00. The van der Waals surface area contributed by atoms with Crippen LogP contribution in [0.15, 0.2) is 34.6 Å². The molecule has 350 valence electrons. The molecule has 1 aromatic carbocycles. The molecule has 5 heterocycles. The molecule has 0 spiro atoms. The van der Waals surface area contributed by atoms with Crippen molar-refractivity contribution in [3.63, 3.8) is 0 Å². The van der Waals surface area contributed by atoms with Gasteiger partial charge in [0, 0.05) is 37.5 Å². The van der Waals surface area contributed by atoms with Crippen LogP contribution in [0.1, 0.15) is 81.1 Å². The molecule has 4 saturated heterocycles. The zero-order valence-corrected chi connectivity index (χ0v) is 38.0. The predicted molar refractivity (Wildman–Crippen MR) is 224 cm³/mol. The number of amides is 2. The zero-order chi connectivity index (χ0) is 46.1. The smallest absolute Gasteiger partial charge is 0.414 e. The van der Waals surface area contributed by atoms with Gasteiger partial charge in [0.25, 0.3) is 0 Å². The first-order valence-electron chi connectivity index (χ1n) is 22.1. The highest BCUT2D eigenvalue weighted by atomic mass is 19.1. The first-order valence-corrected chi connectivity index (χ1v) is 22.1. The van der Waals surface area contributed by atoms with Crippen LogP contribution in [-0.2, 0) is 42.8 Å². The Morgan fingerprint density at radius 2 is 1.76 bits per heavy atom. The molecule has 0 aliphatic carbocycles. The number of carbonyl (C=O) groups is 5. The Kier molecular flexibility index (Phi) is 14.9. The first-order chi connectivity index (χ1) is 29.7. The van der Waals surface area contributed by atoms with E-state index in [4.69, 9.17) is 28.4 Å². The lowest BCUT2D eigenvalue weighted by atomic mass is 9.73. The normalized spacial score (nSPS) is 39.2. The molecule has 4 fully saturated rings. The van der Waals surface area contributed by atoms with E-state index in [1.165, 1.54) is 37.1 Å². The number of carbonyl (C=O) groups excluding carboxylic acids is 5. The number of hydrogen-bond acceptors (Lipinski definition) is 16. The number of Topliss-reactive ketones (excluding diaryl/α,β-unsaturated/α-hetero) is 2. The Hall–Kier alpha value is -4.30. The number of nitrogens with one attached hydrogen (secondary N) is 1. The minimum Gasteiger partial charge on any atom is -0.458 e. The number of alkyl carbamates (subject to hydrolysis) is 1. The van der Waals surface area contributed by atoms with Crippen LogP contribution in [0.25, 0.3) is 0 Å². The number of halogens is 1. The van der Waals surface area contributed by atoms with Crippen molar-refractivity contribution in [2.75, 3.05) is 45.2 Å². The van der Waals surface area contributed by atoms with E-state index in [1.54, 1.807) is 52.6 Å². The van der Waals surface area contributed by atoms with Crippen LogP contribution >= 0.6 is 0 Å². The fourth-order valence-electron chi connectivity index (χ4n) is 10.1. The minimum atomic E-state index is -1.38. The van der Waals surface area contributed by atoms with Gasteiger partial charge in [0.15, 0.2) is 17.7 Å². The lowest BCUT2D eigenvalue weighted by Gasteiger charge is -2.47. The topological polar surface area (TPSA) is 207 Å². The van der Waals surface area contributed by atoms with E-state index in [-0.39, 0.29) is 37.3 Å². The van der Waals surface area contributed by atoms with Gasteiger partial charge in [0.1, 0.15) is 35.8 Å². The van der Waals surface area contributed by atoms with Crippen LogP contribution < -0.4 is 10.2 Å². The number of fused-ring (bicyclic) bond motifs is 1. The van der Waals surface area contributed by atoms with Crippen LogP contribution in [0.4, 0.5) is 19.7 Å². The standard InChI is InChI=1S/C44H65FN6O12/c1-11-33-44(8)37(46-41(56)63-44)25(4)34(52)23(2)19-43(7,58-10)38(26(5)35(53)27(6)39(55)61-33)62-40-36(54)32(17-24(3)59-40)49(9)16-15-29-20-50(48-47-29)21-31-22-51(42(57)60-31)30-14-12-13-28(45)18-30/h12-14,18,23-27,29,31-33,36-38,40,54H,11,15-17,19-22H2,1-10H3,(H,46,56)/t23-,24-,25-,26+,27-,29?,31+,32+,33-,36-,37-,38-,40+,43-,44-/m1/s1. The highest BCUT2D eigenvalue weighted by Crippen LogP contribution is 2.40. The summed E-state index contributed by atoms with van der Waals surface area (Å²) in [7, 11) is 3.36. The predicted octanol–water partition coefficient (Wildman–Crippen LogP) is 4.45. The molecule has 1 aromatic rings. The Balaban J connectivity index is 1.13. The molecule has 0 saturated carbocycles. The number of ketones is 2. The van der Waals surface area contributed by atoms with Gasteiger partial charge in [0.2, 0.25) is 0 Å². The summed E-state index contributed by atoms with van der Waals surface area (Å²) in [5.41, 5.74) is -2.28. The van der Waals surface area contributed by atoms with Gasteiger partial charge < -0.3 is 43.7 Å². The third-order valence-electron chi connectivity index (χ3n) is 13.8. The summed E-state index contributed by atoms with van der Waals surface area (Å²) in [5.74, 6) is -5.65. The van der Waals surface area contributed by atoms with E-state index in [0.29, 0.717) is 38.2 Å². The largest absolute Gasteiger partial charge is 0.458 e. The molecule has 0 radical (unpaired) electrons. The van der Waals surface area contributed by atoms with Crippen molar-refractivity contribution in [3.05, 3.63) is 30.1 Å². The molecule has 2 amide bonds. The summed E-state index contributed by atoms with van der Waals surface area (Å²) in [6.45, 7) is 15.2. The summed E-state index contributed by atoms with van der Waals surface area (Å²) < 4.78 is 50.1. The van der Waals surface area contributed by atoms with Gasteiger partial charge in [-0.15, -0.1) is 0 Å². The number of benzene rings is 1. The molecular weight excluding hydrogens is 824 g/mol. The minimum absolute atomic E-state index is 0.0896. The second-order valence-electron chi connectivity index (χ2n) is 18.5. The summed E-state index contributed by atoms with van der Waals surface area (Å²) in [4.78, 5) is 70.9. The van der Waals surface area contributed by atoms with E-state index < -0.39 is 107 Å². The van der Waals surface area contributed by atoms with Gasteiger partial charge in [-0.2, -0.15) is 5.11 Å². The molecule has 5 aliphatic heterocycles. The number of anilines is 1. The number of cyclic esters (lactones) is 2. The lowest BCUT2D eigenvalue weighted by molar-refractivity contribution is -0.296. The average molecular weight is 889 g/mol. The van der Waals surface area contributed by atoms with E-state index in [2.05, 4.69) is 15.7 Å². The molecule has 15 atom stereocenters. The summed E-state index contributed by atoms with van der Waals surface area (Å²) in [6, 6.07) is 4.36. The zero-order valence-electron chi connectivity index (χ0n) is 38.0. The SMILES string of the molecule is CC[C@H]1OC(=O)[C@H](C)C(=O)[C@H](C)[C@@H](O[C@@H]2O[C@H](C)C[C@H](N(C)CCC3CN(C[C@H]4CN(c5cccc(F)c5)C(=O)O4)N=N3)[C@H]2O)[C@](C)(OC)C[C@@H](C)C(=O)[C@@H](C)[C@H]2NC(=O)O[C@@]21C. The maximum Gasteiger partial charge on any atom is 0.414 e. The van der Waals surface area contributed by atoms with Gasteiger partial charge in [-0.25, -0.2) is 14.0 Å². The fraction of sp³-hybridized carbons (Fsp3) is 0.750. The van der Waals surface area contributed by atoms with Crippen molar-refractivity contribution in [1.82, 2.24) is 15.2 Å². The van der Waals surface area contributed by atoms with Crippen molar-refractivity contribution in [2.24, 2.45) is 34.0 Å². The van der Waals surface area contributed by atoms with Gasteiger partial charge in [-0.1, -0.05) is 39.0 Å². The van der Waals surface area contributed by atoms with E-state index in [9.17, 15) is 33.5 Å². The molecular formula is C44H65FN6O12. The third-order valence-corrected chi connectivity index (χ3v) is 13.8. The first kappa shape index (κ1) is 48.2. The number of nitrogens with zero attached hydrogens (tertiary/aromatic N) is 5. The molecule has 5 aliphatic rings. The highest BCUT2D eigenvalue weighted by Gasteiger charge is 2.57. The quantitative estimate of drug-likeness (QED) is 0.179. The average Bonchev–Trinajstić information content (AvgIpc) is 3.95. The van der Waals surface area contributed by atoms with Crippen molar-refractivity contribution < 1.29 is 61.9 Å². The Morgan fingerprint density at radius 3 is 2.44 bits per heavy atom. The monoisotopic (exact) mass is 888 g/mol. The van der Waals surface area contributed by atoms with Crippen molar-refractivity contribution in [1.29, 1.82) is 0 Å². The van der Waals surface area contributed by atoms with E-state index >= 15 is 0 Å². The number of rotatable bonds is 11. The number of hydrogen-bond donors (Lipinski definition) is 2. The molecule has 0 bridgehead atoms. The summed E-state index contributed by atoms with van der Waals surface area (Å²) in [5, 5.41) is 25.2. The molecule has 18 nitrogen and oxygen atoms in total. The third kappa shape index (κ3) is 10.2. The molecule has 19 heteroatoms. The van der Waals surface area contributed by atoms with Crippen LogP contribution in [0.2, 0.25) is 0 Å². The van der Waals surface area contributed by atoms with Gasteiger partial charge in [-0.3, -0.25) is 24.3 Å². The molecule has 2 N–H and O–H groups in total. The van der Waals surface area contributed by atoms with Gasteiger partial charge in [0.05, 0.1) is 55.2 Å². The Labute approximate surface area is 368 Å². The lowest BCUT2D eigenvalue weighted by Crippen LogP contribution is -2.60. The van der Waals surface area contributed by atoms with Crippen LogP contribution in [-0.4, -0.2) is 151 Å². The Morgan fingerprint density at radius 1 is 1.03 bits per heavy atom. The second-order valence-corrected chi connectivity index (χ2v) is 18.5. The van der Waals surface area contributed by atoms with Gasteiger partial charge >= 0.3 is 18.2 Å². The van der Waals surface area contributed by atoms with Crippen molar-refractivity contribution in [2.45, 2.75) is 147 Å². The number of likely N-dealkylation sites (N-methyl/N-ethyl adjacent to an activating group) is 1. The summed E-state index contributed by atoms with van der Waals surface area (Å²) >= 11 is 0. The number of esters is 1. The molecule has 6 rings (SSSR count). The molecule has 63 heavy (non-hydrogen) atoms. The maximum atomic E-state index is 14.3. The maximum absolute atomic E-state index is 14.3. The fourth-order valence-corrected chi connectivity index (χ4v) is 10.1. The van der Waals surface area contributed by atoms with Crippen LogP contribution in [0.3, 0.4) is 0 Å². The summed E-state index contributed by atoms with van der Waals surface area (Å²) in [6.07, 6.45) is -5.20. The van der Waals surface area contributed by atoms with E-state index in [1.807, 2.05) is 18.9 Å². The Bertz CT molecular complexity index is 1890. The van der Waals surface area contributed by atoms with Crippen molar-refractivity contribution in [3.8, 4) is 0 Å². The number of aliphatic hydroxyl groups excluding tert-OH is 1. The van der Waals surface area contributed by atoms with E-state index in [0.717, 1.165) is 0 Å². The molecule has 1 unspecified atom stereocenters. The second kappa shape index (κ2) is 19.4. The van der Waals surface area contributed by atoms with Crippen LogP contribution in [0, 0.1) is 29.5 Å². The van der Waals surface area contributed by atoms with Crippen molar-refractivity contribution >= 4 is 35.4 Å².